The summed E-state index contributed by atoms with van der Waals surface area (Å²) >= 11 is -0.826. The van der Waals surface area contributed by atoms with Crippen molar-refractivity contribution in [2.45, 2.75) is 13.8 Å². The Bertz CT molecular complexity index is 342. The van der Waals surface area contributed by atoms with Gasteiger partial charge in [0.15, 0.2) is 0 Å². The van der Waals surface area contributed by atoms with E-state index in [1.165, 1.54) is 0 Å². The zero-order valence-electron chi connectivity index (χ0n) is 8.88. The quantitative estimate of drug-likeness (QED) is 0.788. The Balaban J connectivity index is 0.000000583. The molecule has 0 saturated carbocycles. The Morgan fingerprint density at radius 3 is 2.20 bits per heavy atom. The monoisotopic (exact) mass is 323 g/mol. The molecule has 0 radical (unpaired) electrons. The van der Waals surface area contributed by atoms with E-state index in [2.05, 4.69) is 4.99 Å². The first-order valence-electron chi connectivity index (χ1n) is 4.26. The number of aliphatic imine (C=N–C) groups is 1. The first-order chi connectivity index (χ1) is 7.08. The molecule has 0 heterocycles. The molecule has 0 aromatic heterocycles. The van der Waals surface area contributed by atoms with Gasteiger partial charge < -0.3 is 5.11 Å². The Morgan fingerprint density at radius 2 is 1.73 bits per heavy atom. The van der Waals surface area contributed by atoms with Gasteiger partial charge in [-0.05, 0) is 25.0 Å². The van der Waals surface area contributed by atoms with Crippen molar-refractivity contribution in [3.63, 3.8) is 0 Å². The van der Waals surface area contributed by atoms with Gasteiger partial charge in [0.2, 0.25) is 0 Å². The first kappa shape index (κ1) is 15.2. The number of aryl methyl sites for hydroxylation is 2. The predicted molar refractivity (Wildman–Crippen MR) is 62.8 cm³/mol. The number of hydrogen-bond acceptors (Lipinski definition) is 2. The minimum absolute atomic E-state index is 0.334. The molecule has 5 heteroatoms. The van der Waals surface area contributed by atoms with Crippen LogP contribution in [0.5, 0.6) is 5.75 Å². The normalized spacial score (nSPS) is 9.67. The molecule has 1 aromatic carbocycles. The number of phenols is 1. The van der Waals surface area contributed by atoms with Crippen LogP contribution in [0.25, 0.3) is 0 Å². The average molecular weight is 325 g/mol. The van der Waals surface area contributed by atoms with E-state index >= 15 is 0 Å². The van der Waals surface area contributed by atoms with Gasteiger partial charge in [0.1, 0.15) is 5.75 Å². The minimum atomic E-state index is -0.826. The summed E-state index contributed by atoms with van der Waals surface area (Å²) in [7, 11) is 11.6. The van der Waals surface area contributed by atoms with Gasteiger partial charge in [-0.15, -0.1) is 0 Å². The summed E-state index contributed by atoms with van der Waals surface area (Å²) in [5, 5.41) is 9.62. The molecule has 0 unspecified atom stereocenters. The SMILES string of the molecule is CN=Cc1c(C)ccc(C)c1O.[Cl][Zr][Cl]. The predicted octanol–water partition coefficient (Wildman–Crippen LogP) is 3.43. The van der Waals surface area contributed by atoms with Gasteiger partial charge in [0.05, 0.1) is 0 Å². The van der Waals surface area contributed by atoms with Crippen LogP contribution in [0, 0.1) is 13.8 Å². The Morgan fingerprint density at radius 1 is 1.27 bits per heavy atom. The van der Waals surface area contributed by atoms with E-state index < -0.39 is 20.8 Å². The second kappa shape index (κ2) is 8.32. The average Bonchev–Trinajstić information content (AvgIpc) is 2.20. The van der Waals surface area contributed by atoms with Gasteiger partial charge in [-0.1, -0.05) is 12.1 Å². The molecule has 1 rings (SSSR count). The summed E-state index contributed by atoms with van der Waals surface area (Å²) in [6.07, 6.45) is 1.68. The number of hydrogen-bond donors (Lipinski definition) is 1. The van der Waals surface area contributed by atoms with Crippen LogP contribution < -0.4 is 0 Å². The van der Waals surface area contributed by atoms with E-state index in [0.717, 1.165) is 16.7 Å². The van der Waals surface area contributed by atoms with E-state index in [9.17, 15) is 5.11 Å². The maximum absolute atomic E-state index is 9.62. The molecule has 0 spiro atoms. The molecule has 0 saturated heterocycles. The van der Waals surface area contributed by atoms with Gasteiger partial charge in [-0.3, -0.25) is 4.99 Å². The molecule has 0 fully saturated rings. The number of halogens is 2. The molecule has 0 aliphatic rings. The second-order valence-corrected chi connectivity index (χ2v) is 6.65. The van der Waals surface area contributed by atoms with Crippen molar-refractivity contribution >= 4 is 23.2 Å². The van der Waals surface area contributed by atoms with Gasteiger partial charge in [0, 0.05) is 18.8 Å². The fourth-order valence-electron chi connectivity index (χ4n) is 1.11. The molecule has 1 aromatic rings. The van der Waals surface area contributed by atoms with Crippen molar-refractivity contribution in [1.82, 2.24) is 0 Å². The standard InChI is InChI=1S/C10H13NO.2ClH.Zr/c1-7-4-5-8(2)10(12)9(7)6-11-3;;;/h4-6,12H,1-3H3;2*1H;/q;;;+2/p-2. The number of aromatic hydroxyl groups is 1. The summed E-state index contributed by atoms with van der Waals surface area (Å²) in [6, 6.07) is 3.88. The summed E-state index contributed by atoms with van der Waals surface area (Å²) < 4.78 is 0. The van der Waals surface area contributed by atoms with Crippen molar-refractivity contribution in [3.05, 3.63) is 28.8 Å². The first-order valence-corrected chi connectivity index (χ1v) is 10.6. The third-order valence-corrected chi connectivity index (χ3v) is 1.90. The topological polar surface area (TPSA) is 32.6 Å². The molecule has 0 bridgehead atoms. The summed E-state index contributed by atoms with van der Waals surface area (Å²) in [5.74, 6) is 0.334. The van der Waals surface area contributed by atoms with Crippen LogP contribution in [-0.2, 0) is 20.8 Å². The molecule has 0 aliphatic heterocycles. The molecule has 1 N–H and O–H groups in total. The van der Waals surface area contributed by atoms with Crippen LogP contribution in [0.4, 0.5) is 0 Å². The zero-order valence-corrected chi connectivity index (χ0v) is 12.9. The molecule has 0 amide bonds. The fraction of sp³-hybridized carbons (Fsp3) is 0.300. The molecule has 2 nitrogen and oxygen atoms in total. The van der Waals surface area contributed by atoms with Crippen LogP contribution in [0.3, 0.4) is 0 Å². The van der Waals surface area contributed by atoms with Crippen LogP contribution >= 0.6 is 17.0 Å². The van der Waals surface area contributed by atoms with Crippen molar-refractivity contribution in [3.8, 4) is 5.75 Å². The summed E-state index contributed by atoms with van der Waals surface area (Å²) in [6.45, 7) is 3.83. The number of phenolic OH excluding ortho intramolecular Hbond substituents is 1. The van der Waals surface area contributed by atoms with Crippen molar-refractivity contribution < 1.29 is 26.0 Å². The molecule has 15 heavy (non-hydrogen) atoms. The molecular formula is C10H13Cl2NOZr. The maximum atomic E-state index is 9.62. The second-order valence-electron chi connectivity index (χ2n) is 2.92. The number of rotatable bonds is 1. The Labute approximate surface area is 109 Å². The van der Waals surface area contributed by atoms with Crippen molar-refractivity contribution in [2.24, 2.45) is 4.99 Å². The van der Waals surface area contributed by atoms with Gasteiger partial charge in [0.25, 0.3) is 0 Å². The van der Waals surface area contributed by atoms with Crippen LogP contribution in [-0.4, -0.2) is 18.4 Å². The summed E-state index contributed by atoms with van der Waals surface area (Å²) in [4.78, 5) is 3.88. The van der Waals surface area contributed by atoms with Crippen molar-refractivity contribution in [1.29, 1.82) is 0 Å². The molecule has 0 aliphatic carbocycles. The molecular weight excluding hydrogens is 312 g/mol. The molecule has 0 atom stereocenters. The summed E-state index contributed by atoms with van der Waals surface area (Å²) in [5.41, 5.74) is 2.75. The number of benzene rings is 1. The van der Waals surface area contributed by atoms with E-state index in [-0.39, 0.29) is 0 Å². The fourth-order valence-corrected chi connectivity index (χ4v) is 1.11. The van der Waals surface area contributed by atoms with E-state index in [0.29, 0.717) is 5.75 Å². The zero-order chi connectivity index (χ0) is 11.8. The van der Waals surface area contributed by atoms with E-state index in [1.54, 1.807) is 13.3 Å². The third-order valence-electron chi connectivity index (χ3n) is 1.90. The van der Waals surface area contributed by atoms with E-state index in [1.807, 2.05) is 26.0 Å². The number of nitrogens with zero attached hydrogens (tertiary/aromatic N) is 1. The van der Waals surface area contributed by atoms with Crippen LogP contribution in [0.1, 0.15) is 16.7 Å². The van der Waals surface area contributed by atoms with Gasteiger partial charge in [-0.2, -0.15) is 0 Å². The van der Waals surface area contributed by atoms with Crippen LogP contribution in [0.2, 0.25) is 0 Å². The third kappa shape index (κ3) is 5.15. The van der Waals surface area contributed by atoms with E-state index in [4.69, 9.17) is 17.0 Å². The van der Waals surface area contributed by atoms with Gasteiger partial charge in [-0.25, -0.2) is 0 Å². The Hall–Kier alpha value is 0.153. The molecule has 82 valence electrons. The van der Waals surface area contributed by atoms with Gasteiger partial charge >= 0.3 is 37.9 Å². The Kier molecular flexibility index (Phi) is 8.41. The van der Waals surface area contributed by atoms with Crippen molar-refractivity contribution in [2.75, 3.05) is 7.05 Å². The van der Waals surface area contributed by atoms with Crippen LogP contribution in [0.15, 0.2) is 17.1 Å².